The number of allylic oxidation sites excluding steroid dienone is 1. The number of hydrogen-bond acceptors (Lipinski definition) is 2. The fraction of sp³-hybridized carbons (Fsp3) is 0.382. The van der Waals surface area contributed by atoms with Crippen molar-refractivity contribution >= 4 is 5.78 Å². The lowest BCUT2D eigenvalue weighted by Crippen LogP contribution is -2.45. The van der Waals surface area contributed by atoms with E-state index in [1.165, 1.54) is 23.3 Å². The summed E-state index contributed by atoms with van der Waals surface area (Å²) in [5.41, 5.74) is 3.24. The molecule has 1 saturated heterocycles. The molecule has 1 fully saturated rings. The van der Waals surface area contributed by atoms with Gasteiger partial charge in [0, 0.05) is 30.6 Å². The monoisotopic (exact) mass is 533 g/mol. The number of carbonyl (C=O) groups is 1. The van der Waals surface area contributed by atoms with E-state index < -0.39 is 17.2 Å². The fourth-order valence-electron chi connectivity index (χ4n) is 5.67. The van der Waals surface area contributed by atoms with Crippen LogP contribution in [0.3, 0.4) is 0 Å². The third kappa shape index (κ3) is 8.08. The van der Waals surface area contributed by atoms with Crippen molar-refractivity contribution in [1.29, 1.82) is 0 Å². The zero-order valence-electron chi connectivity index (χ0n) is 22.6. The van der Waals surface area contributed by atoms with E-state index in [1.54, 1.807) is 6.07 Å². The number of rotatable bonds is 12. The second kappa shape index (κ2) is 13.1. The van der Waals surface area contributed by atoms with Gasteiger partial charge < -0.3 is 4.90 Å². The molecular weight excluding hydrogens is 495 g/mol. The minimum Gasteiger partial charge on any atom is -0.375 e. The number of piperidine rings is 1. The van der Waals surface area contributed by atoms with Crippen LogP contribution in [-0.2, 0) is 30.2 Å². The quantitative estimate of drug-likeness (QED) is 0.218. The average Bonchev–Trinajstić information content (AvgIpc) is 2.95. The lowest BCUT2D eigenvalue weighted by molar-refractivity contribution is -0.137. The van der Waals surface area contributed by atoms with Gasteiger partial charge in [-0.25, -0.2) is 0 Å². The Morgan fingerprint density at radius 3 is 2.03 bits per heavy atom. The maximum absolute atomic E-state index is 13.7. The van der Waals surface area contributed by atoms with Gasteiger partial charge in [-0.1, -0.05) is 85.4 Å². The number of hydrogen-bond donors (Lipinski definition) is 0. The van der Waals surface area contributed by atoms with Crippen molar-refractivity contribution in [2.24, 2.45) is 5.41 Å². The molecule has 0 amide bonds. The molecule has 0 saturated carbocycles. The molecule has 2 nitrogen and oxygen atoms in total. The number of alkyl halides is 3. The van der Waals surface area contributed by atoms with Crippen LogP contribution in [0.5, 0.6) is 0 Å². The molecular formula is C34H38F3NO. The summed E-state index contributed by atoms with van der Waals surface area (Å²) in [5.74, 6) is 0.282. The van der Waals surface area contributed by atoms with Crippen LogP contribution < -0.4 is 0 Å². The number of carbonyl (C=O) groups excluding carboxylic acids is 1. The number of halogens is 3. The molecule has 1 heterocycles. The van der Waals surface area contributed by atoms with Crippen LogP contribution >= 0.6 is 0 Å². The van der Waals surface area contributed by atoms with Crippen molar-refractivity contribution in [3.8, 4) is 0 Å². The van der Waals surface area contributed by atoms with Crippen LogP contribution in [-0.4, -0.2) is 23.8 Å². The molecule has 0 bridgehead atoms. The maximum Gasteiger partial charge on any atom is 0.416 e. The summed E-state index contributed by atoms with van der Waals surface area (Å²) in [6, 6.07) is 26.1. The molecule has 206 valence electrons. The van der Waals surface area contributed by atoms with E-state index in [1.807, 2.05) is 24.3 Å². The SMILES string of the molecule is C=C(CCc1ccccc1)N1CCC(Cc2ccccc2)(C(=O)CCCCc2cccc(C(F)(F)F)c2)CC1. The van der Waals surface area contributed by atoms with E-state index >= 15 is 0 Å². The lowest BCUT2D eigenvalue weighted by atomic mass is 9.69. The highest BCUT2D eigenvalue weighted by molar-refractivity contribution is 5.85. The summed E-state index contributed by atoms with van der Waals surface area (Å²) in [7, 11) is 0. The number of ketones is 1. The minimum atomic E-state index is -4.34. The van der Waals surface area contributed by atoms with E-state index in [-0.39, 0.29) is 5.78 Å². The Morgan fingerprint density at radius 1 is 0.769 bits per heavy atom. The summed E-state index contributed by atoms with van der Waals surface area (Å²) >= 11 is 0. The van der Waals surface area contributed by atoms with Crippen molar-refractivity contribution in [2.45, 2.75) is 64.0 Å². The Balaban J connectivity index is 1.34. The zero-order chi connectivity index (χ0) is 27.7. The molecule has 0 spiro atoms. The third-order valence-electron chi connectivity index (χ3n) is 8.06. The second-order valence-corrected chi connectivity index (χ2v) is 10.8. The molecule has 3 aromatic carbocycles. The summed E-state index contributed by atoms with van der Waals surface area (Å²) in [6.45, 7) is 5.98. The van der Waals surface area contributed by atoms with Gasteiger partial charge in [0.05, 0.1) is 5.56 Å². The van der Waals surface area contributed by atoms with Crippen LogP contribution in [0.15, 0.2) is 97.2 Å². The topological polar surface area (TPSA) is 20.3 Å². The molecule has 1 aliphatic heterocycles. The first-order valence-electron chi connectivity index (χ1n) is 14.0. The third-order valence-corrected chi connectivity index (χ3v) is 8.06. The van der Waals surface area contributed by atoms with E-state index in [0.717, 1.165) is 57.0 Å². The van der Waals surface area contributed by atoms with Crippen molar-refractivity contribution in [3.05, 3.63) is 119 Å². The smallest absolute Gasteiger partial charge is 0.375 e. The summed E-state index contributed by atoms with van der Waals surface area (Å²) in [4.78, 5) is 16.1. The van der Waals surface area contributed by atoms with Crippen molar-refractivity contribution < 1.29 is 18.0 Å². The highest BCUT2D eigenvalue weighted by atomic mass is 19.4. The summed E-state index contributed by atoms with van der Waals surface area (Å²) in [6.07, 6.45) is 2.20. The molecule has 0 atom stereocenters. The first-order chi connectivity index (χ1) is 18.7. The van der Waals surface area contributed by atoms with E-state index in [9.17, 15) is 18.0 Å². The Hall–Kier alpha value is -3.34. The molecule has 5 heteroatoms. The Labute approximate surface area is 230 Å². The molecule has 0 aromatic heterocycles. The Bertz CT molecular complexity index is 1210. The van der Waals surface area contributed by atoms with Gasteiger partial charge in [0.2, 0.25) is 0 Å². The first-order valence-corrected chi connectivity index (χ1v) is 14.0. The van der Waals surface area contributed by atoms with Gasteiger partial charge in [-0.3, -0.25) is 4.79 Å². The molecule has 39 heavy (non-hydrogen) atoms. The van der Waals surface area contributed by atoms with Crippen molar-refractivity contribution in [2.75, 3.05) is 13.1 Å². The zero-order valence-corrected chi connectivity index (χ0v) is 22.6. The number of aryl methyl sites for hydroxylation is 2. The van der Waals surface area contributed by atoms with Gasteiger partial charge in [-0.05, 0) is 74.1 Å². The molecule has 0 N–H and O–H groups in total. The highest BCUT2D eigenvalue weighted by Crippen LogP contribution is 2.39. The average molecular weight is 534 g/mol. The van der Waals surface area contributed by atoms with Crippen LogP contribution in [0, 0.1) is 5.41 Å². The number of likely N-dealkylation sites (tertiary alicyclic amines) is 1. The summed E-state index contributed by atoms with van der Waals surface area (Å²) in [5, 5.41) is 0. The fourth-order valence-corrected chi connectivity index (χ4v) is 5.67. The largest absolute Gasteiger partial charge is 0.416 e. The van der Waals surface area contributed by atoms with Crippen molar-refractivity contribution in [1.82, 2.24) is 4.90 Å². The van der Waals surface area contributed by atoms with Gasteiger partial charge >= 0.3 is 6.18 Å². The predicted octanol–water partition coefficient (Wildman–Crippen LogP) is 8.46. The second-order valence-electron chi connectivity index (χ2n) is 10.8. The lowest BCUT2D eigenvalue weighted by Gasteiger charge is -2.42. The van der Waals surface area contributed by atoms with E-state index in [0.29, 0.717) is 31.2 Å². The van der Waals surface area contributed by atoms with E-state index in [2.05, 4.69) is 47.9 Å². The number of nitrogens with zero attached hydrogens (tertiary/aromatic N) is 1. The van der Waals surface area contributed by atoms with Gasteiger partial charge in [0.1, 0.15) is 5.78 Å². The highest BCUT2D eigenvalue weighted by Gasteiger charge is 2.40. The standard InChI is InChI=1S/C34H38F3NO/c1-27(19-20-28-11-4-2-5-12-28)38-23-21-33(22-24-38,26-30-14-6-3-7-15-30)32(39)18-9-8-13-29-16-10-17-31(25-29)34(35,36)37/h2-7,10-12,14-17,25H,1,8-9,13,18-24,26H2. The maximum atomic E-state index is 13.7. The number of benzene rings is 3. The number of Topliss-reactive ketones (excluding diaryl/α,β-unsaturated/α-hetero) is 1. The normalized spacial score (nSPS) is 15.2. The van der Waals surface area contributed by atoms with E-state index in [4.69, 9.17) is 0 Å². The van der Waals surface area contributed by atoms with Crippen LogP contribution in [0.2, 0.25) is 0 Å². The van der Waals surface area contributed by atoms with Gasteiger partial charge in [0.25, 0.3) is 0 Å². The molecule has 0 radical (unpaired) electrons. The first kappa shape index (κ1) is 28.7. The minimum absolute atomic E-state index is 0.282. The van der Waals surface area contributed by atoms with Gasteiger partial charge in [-0.15, -0.1) is 0 Å². The van der Waals surface area contributed by atoms with Gasteiger partial charge in [0.15, 0.2) is 0 Å². The molecule has 0 unspecified atom stereocenters. The predicted molar refractivity (Wildman–Crippen MR) is 151 cm³/mol. The van der Waals surface area contributed by atoms with Crippen LogP contribution in [0.1, 0.15) is 60.8 Å². The van der Waals surface area contributed by atoms with Gasteiger partial charge in [-0.2, -0.15) is 13.2 Å². The number of unbranched alkanes of at least 4 members (excludes halogenated alkanes) is 1. The molecule has 1 aliphatic rings. The van der Waals surface area contributed by atoms with Crippen molar-refractivity contribution in [3.63, 3.8) is 0 Å². The molecule has 3 aromatic rings. The summed E-state index contributed by atoms with van der Waals surface area (Å²) < 4.78 is 39.1. The van der Waals surface area contributed by atoms with Crippen LogP contribution in [0.4, 0.5) is 13.2 Å². The molecule has 0 aliphatic carbocycles. The Morgan fingerprint density at radius 2 is 1.38 bits per heavy atom. The van der Waals surface area contributed by atoms with Crippen LogP contribution in [0.25, 0.3) is 0 Å². The Kier molecular flexibility index (Phi) is 9.66. The molecule has 4 rings (SSSR count).